The second kappa shape index (κ2) is 15.6. The van der Waals surface area contributed by atoms with Gasteiger partial charge in [-0.05, 0) is 54.6 Å². The highest BCUT2D eigenvalue weighted by Gasteiger charge is 2.27. The van der Waals surface area contributed by atoms with Gasteiger partial charge in [-0.1, -0.05) is 80.0 Å². The smallest absolute Gasteiger partial charge is 0.269 e. The van der Waals surface area contributed by atoms with Crippen molar-refractivity contribution in [3.63, 3.8) is 0 Å². The Hall–Kier alpha value is -3.38. The number of fused-ring (bicyclic) bond motifs is 2. The van der Waals surface area contributed by atoms with Gasteiger partial charge in [0.1, 0.15) is 23.4 Å². The van der Waals surface area contributed by atoms with Crippen molar-refractivity contribution < 1.29 is 23.1 Å². The summed E-state index contributed by atoms with van der Waals surface area (Å²) in [6, 6.07) is 26.3. The number of nitrogens with one attached hydrogen (secondary N) is 2. The lowest BCUT2D eigenvalue weighted by Gasteiger charge is -2.25. The maximum absolute atomic E-state index is 12.5. The van der Waals surface area contributed by atoms with Crippen LogP contribution in [0.15, 0.2) is 89.8 Å². The van der Waals surface area contributed by atoms with Crippen LogP contribution in [-0.4, -0.2) is 50.8 Å². The van der Waals surface area contributed by atoms with Crippen LogP contribution in [0.1, 0.15) is 36.7 Å². The zero-order chi connectivity index (χ0) is 31.1. The molecule has 1 amide bonds. The minimum Gasteiger partial charge on any atom is -0.490 e. The van der Waals surface area contributed by atoms with Gasteiger partial charge in [-0.15, -0.1) is 12.4 Å². The molecular formula is C32H38Cl2N4O5S. The van der Waals surface area contributed by atoms with Crippen LogP contribution >= 0.6 is 24.0 Å². The predicted octanol–water partition coefficient (Wildman–Crippen LogP) is 5.08. The second-order valence-electron chi connectivity index (χ2n) is 10.7. The van der Waals surface area contributed by atoms with Crippen LogP contribution in [0.25, 0.3) is 10.8 Å². The Labute approximate surface area is 269 Å². The average Bonchev–Trinajstić information content (AvgIpc) is 3.29. The number of rotatable bonds is 9. The molecule has 0 aromatic heterocycles. The molecule has 1 aliphatic heterocycles. The van der Waals surface area contributed by atoms with Crippen molar-refractivity contribution in [1.29, 1.82) is 0 Å². The molecule has 0 bridgehead atoms. The summed E-state index contributed by atoms with van der Waals surface area (Å²) in [4.78, 5) is 12.2. The summed E-state index contributed by atoms with van der Waals surface area (Å²) in [6.45, 7) is 6.95. The molecule has 0 fully saturated rings. The summed E-state index contributed by atoms with van der Waals surface area (Å²) in [5.74, 6) is 0.391. The third kappa shape index (κ3) is 9.07. The van der Waals surface area contributed by atoms with E-state index in [1.807, 2.05) is 61.5 Å². The number of anilines is 1. The Morgan fingerprint density at radius 3 is 2.48 bits per heavy atom. The molecule has 4 aromatic rings. The Kier molecular flexibility index (Phi) is 12.4. The van der Waals surface area contributed by atoms with Crippen molar-refractivity contribution in [2.24, 2.45) is 5.14 Å². The number of carbonyl (C=O) groups is 1. The highest BCUT2D eigenvalue weighted by atomic mass is 35.5. The minimum atomic E-state index is -4.00. The minimum absolute atomic E-state index is 0. The van der Waals surface area contributed by atoms with E-state index in [0.717, 1.165) is 34.2 Å². The van der Waals surface area contributed by atoms with E-state index in [0.29, 0.717) is 19.2 Å². The quantitative estimate of drug-likeness (QED) is 0.197. The monoisotopic (exact) mass is 660 g/mol. The Morgan fingerprint density at radius 1 is 1.07 bits per heavy atom. The van der Waals surface area contributed by atoms with Crippen molar-refractivity contribution in [2.75, 3.05) is 18.2 Å². The van der Waals surface area contributed by atoms with Gasteiger partial charge in [0.2, 0.25) is 10.0 Å². The SMILES string of the molecule is CC(C)NCC(O)COc1cccc2ccccc12.CC1Cc2ccccc2N1NC(=O)c1ccc(Cl)c(S(N)(=O)=O)c1.Cl. The second-order valence-corrected chi connectivity index (χ2v) is 12.6. The predicted molar refractivity (Wildman–Crippen MR) is 178 cm³/mol. The molecule has 4 aromatic carbocycles. The number of ether oxygens (including phenoxy) is 1. The molecule has 1 heterocycles. The number of hydrazine groups is 1. The van der Waals surface area contributed by atoms with Gasteiger partial charge in [-0.25, -0.2) is 13.6 Å². The Morgan fingerprint density at radius 2 is 1.75 bits per heavy atom. The van der Waals surface area contributed by atoms with Crippen LogP contribution in [0.2, 0.25) is 5.02 Å². The topological polar surface area (TPSA) is 134 Å². The number of hydrogen-bond acceptors (Lipinski definition) is 7. The van der Waals surface area contributed by atoms with Crippen LogP contribution in [0.4, 0.5) is 5.69 Å². The van der Waals surface area contributed by atoms with Gasteiger partial charge in [-0.3, -0.25) is 15.2 Å². The number of carbonyl (C=O) groups excluding carboxylic acids is 1. The zero-order valence-electron chi connectivity index (χ0n) is 24.7. The van der Waals surface area contributed by atoms with Crippen molar-refractivity contribution in [1.82, 2.24) is 10.7 Å². The summed E-state index contributed by atoms with van der Waals surface area (Å²) in [7, 11) is -4.00. The fourth-order valence-corrected chi connectivity index (χ4v) is 5.78. The first-order valence-corrected chi connectivity index (χ1v) is 15.9. The number of nitrogens with zero attached hydrogens (tertiary/aromatic N) is 1. The molecule has 5 N–H and O–H groups in total. The number of benzene rings is 4. The molecule has 0 radical (unpaired) electrons. The van der Waals surface area contributed by atoms with Gasteiger partial charge in [0, 0.05) is 23.5 Å². The number of aliphatic hydroxyl groups is 1. The first kappa shape index (κ1) is 35.1. The van der Waals surface area contributed by atoms with Gasteiger partial charge in [0.05, 0.1) is 16.8 Å². The number of nitrogens with two attached hydrogens (primary N) is 1. The molecule has 0 saturated heterocycles. The number of hydrogen-bond donors (Lipinski definition) is 4. The average molecular weight is 662 g/mol. The van der Waals surface area contributed by atoms with E-state index < -0.39 is 22.0 Å². The summed E-state index contributed by atoms with van der Waals surface area (Å²) in [6.07, 6.45) is 0.320. The summed E-state index contributed by atoms with van der Waals surface area (Å²) < 4.78 is 28.8. The summed E-state index contributed by atoms with van der Waals surface area (Å²) >= 11 is 5.84. The van der Waals surface area contributed by atoms with E-state index in [2.05, 4.69) is 36.7 Å². The lowest BCUT2D eigenvalue weighted by Crippen LogP contribution is -2.45. The van der Waals surface area contributed by atoms with E-state index in [9.17, 15) is 18.3 Å². The first-order chi connectivity index (χ1) is 20.4. The van der Waals surface area contributed by atoms with Gasteiger partial charge >= 0.3 is 0 Å². The molecular weight excluding hydrogens is 623 g/mol. The fraction of sp³-hybridized carbons (Fsp3) is 0.281. The van der Waals surface area contributed by atoms with Crippen molar-refractivity contribution in [2.45, 2.75) is 50.3 Å². The lowest BCUT2D eigenvalue weighted by molar-refractivity contribution is 0.0946. The molecule has 44 heavy (non-hydrogen) atoms. The van der Waals surface area contributed by atoms with Crippen LogP contribution in [0.3, 0.4) is 0 Å². The summed E-state index contributed by atoms with van der Waals surface area (Å²) in [5.41, 5.74) is 5.06. The molecule has 0 aliphatic carbocycles. The molecule has 0 saturated carbocycles. The van der Waals surface area contributed by atoms with Crippen LogP contribution in [-0.2, 0) is 16.4 Å². The standard InChI is InChI=1S/C16H16ClN3O3S.C16H21NO2.ClH/c1-10-8-11-4-2-3-5-14(11)20(10)19-16(21)12-6-7-13(17)15(9-12)24(18,22)23;1-12(2)17-10-14(18)11-19-16-9-5-7-13-6-3-4-8-15(13)16;/h2-7,9-10H,8H2,1H3,(H,19,21)(H2,18,22,23);3-9,12,14,17-18H,10-11H2,1-2H3;1H. The number of aliphatic hydroxyl groups excluding tert-OH is 1. The van der Waals surface area contributed by atoms with Crippen molar-refractivity contribution in [3.05, 3.63) is 101 Å². The third-order valence-electron chi connectivity index (χ3n) is 6.87. The van der Waals surface area contributed by atoms with Gasteiger partial charge in [0.25, 0.3) is 5.91 Å². The lowest BCUT2D eigenvalue weighted by atomic mass is 10.1. The van der Waals surface area contributed by atoms with Gasteiger partial charge in [-0.2, -0.15) is 0 Å². The van der Waals surface area contributed by atoms with Crippen molar-refractivity contribution >= 4 is 56.4 Å². The van der Waals surface area contributed by atoms with Gasteiger partial charge < -0.3 is 15.2 Å². The fourth-order valence-electron chi connectivity index (χ4n) is 4.71. The molecule has 236 valence electrons. The van der Waals surface area contributed by atoms with Crippen molar-refractivity contribution in [3.8, 4) is 5.75 Å². The maximum Gasteiger partial charge on any atom is 0.269 e. The van der Waals surface area contributed by atoms with Crippen LogP contribution in [0.5, 0.6) is 5.75 Å². The molecule has 2 unspecified atom stereocenters. The number of halogens is 2. The molecule has 9 nitrogen and oxygen atoms in total. The normalized spacial score (nSPS) is 14.7. The first-order valence-electron chi connectivity index (χ1n) is 14.0. The highest BCUT2D eigenvalue weighted by Crippen LogP contribution is 2.30. The Bertz CT molecular complexity index is 1680. The number of sulfonamides is 1. The Balaban J connectivity index is 0.000000241. The maximum atomic E-state index is 12.5. The zero-order valence-corrected chi connectivity index (χ0v) is 27.1. The van der Waals surface area contributed by atoms with E-state index in [1.165, 1.54) is 18.2 Å². The van der Waals surface area contributed by atoms with E-state index in [4.69, 9.17) is 21.5 Å². The number of para-hydroxylation sites is 1. The number of primary sulfonamides is 1. The number of amides is 1. The molecule has 0 spiro atoms. The summed E-state index contributed by atoms with van der Waals surface area (Å²) in [5, 5.41) is 22.1. The molecule has 12 heteroatoms. The molecule has 5 rings (SSSR count). The molecule has 1 aliphatic rings. The van der Waals surface area contributed by atoms with Crippen LogP contribution < -0.4 is 25.6 Å². The van der Waals surface area contributed by atoms with E-state index in [1.54, 1.807) is 5.01 Å². The van der Waals surface area contributed by atoms with Crippen LogP contribution in [0, 0.1) is 0 Å². The van der Waals surface area contributed by atoms with Gasteiger partial charge in [0.15, 0.2) is 0 Å². The third-order valence-corrected chi connectivity index (χ3v) is 8.26. The largest absolute Gasteiger partial charge is 0.490 e. The van der Waals surface area contributed by atoms with E-state index >= 15 is 0 Å². The van der Waals surface area contributed by atoms with E-state index in [-0.39, 0.29) is 33.9 Å². The highest BCUT2D eigenvalue weighted by molar-refractivity contribution is 7.89. The molecule has 2 atom stereocenters.